The van der Waals surface area contributed by atoms with Gasteiger partial charge in [-0.3, -0.25) is 4.79 Å². The standard InChI is InChI=1S/C15H14BrFN2O2/c16-11-3-6-14(13(17)7-11)19-15(20)9-21-12-4-1-10(8-18)2-5-12/h1-7H,8-9,18H2,(H,19,20). The molecule has 110 valence electrons. The van der Waals surface area contributed by atoms with Crippen molar-refractivity contribution in [2.24, 2.45) is 5.73 Å². The molecule has 0 spiro atoms. The number of ether oxygens (including phenoxy) is 1. The van der Waals surface area contributed by atoms with Crippen LogP contribution in [0.15, 0.2) is 46.9 Å². The number of nitrogens with one attached hydrogen (secondary N) is 1. The third kappa shape index (κ3) is 4.54. The van der Waals surface area contributed by atoms with E-state index in [2.05, 4.69) is 21.2 Å². The molecule has 0 fully saturated rings. The zero-order valence-electron chi connectivity index (χ0n) is 11.1. The Morgan fingerprint density at radius 3 is 2.57 bits per heavy atom. The second-order valence-electron chi connectivity index (χ2n) is 4.31. The molecule has 0 atom stereocenters. The first kappa shape index (κ1) is 15.5. The highest BCUT2D eigenvalue weighted by molar-refractivity contribution is 9.10. The molecule has 0 saturated heterocycles. The van der Waals surface area contributed by atoms with Gasteiger partial charge in [0.25, 0.3) is 5.91 Å². The van der Waals surface area contributed by atoms with Crippen molar-refractivity contribution in [1.82, 2.24) is 0 Å². The summed E-state index contributed by atoms with van der Waals surface area (Å²) in [6.45, 7) is 0.251. The maximum atomic E-state index is 13.6. The van der Waals surface area contributed by atoms with Crippen LogP contribution in [0.25, 0.3) is 0 Å². The molecule has 3 N–H and O–H groups in total. The van der Waals surface area contributed by atoms with Crippen LogP contribution in [-0.2, 0) is 11.3 Å². The van der Waals surface area contributed by atoms with Gasteiger partial charge in [0.15, 0.2) is 6.61 Å². The van der Waals surface area contributed by atoms with Gasteiger partial charge in [0, 0.05) is 11.0 Å². The minimum atomic E-state index is -0.509. The zero-order valence-corrected chi connectivity index (χ0v) is 12.7. The van der Waals surface area contributed by atoms with Gasteiger partial charge in [0.1, 0.15) is 11.6 Å². The summed E-state index contributed by atoms with van der Waals surface area (Å²) in [5.74, 6) is -0.386. The van der Waals surface area contributed by atoms with Gasteiger partial charge in [0.05, 0.1) is 5.69 Å². The highest BCUT2D eigenvalue weighted by Gasteiger charge is 2.08. The number of carbonyl (C=O) groups is 1. The van der Waals surface area contributed by atoms with E-state index < -0.39 is 11.7 Å². The van der Waals surface area contributed by atoms with Gasteiger partial charge >= 0.3 is 0 Å². The van der Waals surface area contributed by atoms with Crippen LogP contribution >= 0.6 is 15.9 Å². The maximum Gasteiger partial charge on any atom is 0.262 e. The molecule has 21 heavy (non-hydrogen) atoms. The zero-order chi connectivity index (χ0) is 15.2. The van der Waals surface area contributed by atoms with Gasteiger partial charge < -0.3 is 15.8 Å². The first-order valence-corrected chi connectivity index (χ1v) is 7.04. The summed E-state index contributed by atoms with van der Waals surface area (Å²) in [4.78, 5) is 11.7. The van der Waals surface area contributed by atoms with Crippen LogP contribution in [0.5, 0.6) is 5.75 Å². The smallest absolute Gasteiger partial charge is 0.262 e. The topological polar surface area (TPSA) is 64.3 Å². The molecule has 1 amide bonds. The lowest BCUT2D eigenvalue weighted by Gasteiger charge is -2.09. The van der Waals surface area contributed by atoms with Crippen LogP contribution in [0.3, 0.4) is 0 Å². The lowest BCUT2D eigenvalue weighted by atomic mass is 10.2. The molecular weight excluding hydrogens is 339 g/mol. The Morgan fingerprint density at radius 2 is 1.95 bits per heavy atom. The largest absolute Gasteiger partial charge is 0.484 e. The van der Waals surface area contributed by atoms with Crippen LogP contribution in [0.2, 0.25) is 0 Å². The van der Waals surface area contributed by atoms with Gasteiger partial charge in [-0.15, -0.1) is 0 Å². The van der Waals surface area contributed by atoms with Crippen molar-refractivity contribution < 1.29 is 13.9 Å². The number of anilines is 1. The minimum absolute atomic E-state index is 0.116. The SMILES string of the molecule is NCc1ccc(OCC(=O)Nc2ccc(Br)cc2F)cc1. The quantitative estimate of drug-likeness (QED) is 0.868. The Hall–Kier alpha value is -1.92. The van der Waals surface area contributed by atoms with Crippen LogP contribution in [0.1, 0.15) is 5.56 Å². The lowest BCUT2D eigenvalue weighted by Crippen LogP contribution is -2.20. The summed E-state index contributed by atoms with van der Waals surface area (Å²) in [5.41, 5.74) is 6.58. The maximum absolute atomic E-state index is 13.6. The second kappa shape index (κ2) is 7.19. The molecule has 0 unspecified atom stereocenters. The van der Waals surface area contributed by atoms with E-state index in [1.54, 1.807) is 18.2 Å². The molecule has 6 heteroatoms. The average molecular weight is 353 g/mol. The van der Waals surface area contributed by atoms with E-state index in [0.29, 0.717) is 16.8 Å². The number of hydrogen-bond donors (Lipinski definition) is 2. The van der Waals surface area contributed by atoms with E-state index in [-0.39, 0.29) is 12.3 Å². The van der Waals surface area contributed by atoms with Gasteiger partial charge in [-0.25, -0.2) is 4.39 Å². The van der Waals surface area contributed by atoms with Gasteiger partial charge in [-0.1, -0.05) is 28.1 Å². The normalized spacial score (nSPS) is 10.2. The molecule has 0 bridgehead atoms. The Labute approximate surface area is 130 Å². The number of nitrogens with two attached hydrogens (primary N) is 1. The second-order valence-corrected chi connectivity index (χ2v) is 5.22. The van der Waals surface area contributed by atoms with Crippen molar-refractivity contribution >= 4 is 27.5 Å². The van der Waals surface area contributed by atoms with E-state index in [1.807, 2.05) is 12.1 Å². The van der Waals surface area contributed by atoms with E-state index in [1.165, 1.54) is 12.1 Å². The fourth-order valence-corrected chi connectivity index (χ4v) is 1.98. The number of rotatable bonds is 5. The minimum Gasteiger partial charge on any atom is -0.484 e. The number of halogens is 2. The van der Waals surface area contributed by atoms with Crippen LogP contribution < -0.4 is 15.8 Å². The molecular formula is C15H14BrFN2O2. The van der Waals surface area contributed by atoms with Crippen molar-refractivity contribution in [3.05, 3.63) is 58.3 Å². The molecule has 0 aliphatic heterocycles. The number of amides is 1. The molecule has 0 aliphatic rings. The first-order valence-electron chi connectivity index (χ1n) is 6.25. The van der Waals surface area contributed by atoms with Crippen LogP contribution in [-0.4, -0.2) is 12.5 Å². The number of hydrogen-bond acceptors (Lipinski definition) is 3. The van der Waals surface area contributed by atoms with E-state index in [0.717, 1.165) is 5.56 Å². The molecule has 2 aromatic carbocycles. The fraction of sp³-hybridized carbons (Fsp3) is 0.133. The molecule has 0 aromatic heterocycles. The van der Waals surface area contributed by atoms with Crippen molar-refractivity contribution in [3.8, 4) is 5.75 Å². The molecule has 2 aromatic rings. The van der Waals surface area contributed by atoms with E-state index >= 15 is 0 Å². The van der Waals surface area contributed by atoms with Crippen molar-refractivity contribution in [1.29, 1.82) is 0 Å². The molecule has 4 nitrogen and oxygen atoms in total. The van der Waals surface area contributed by atoms with Gasteiger partial charge in [0.2, 0.25) is 0 Å². The van der Waals surface area contributed by atoms with E-state index in [9.17, 15) is 9.18 Å². The third-order valence-corrected chi connectivity index (χ3v) is 3.23. The molecule has 0 saturated carbocycles. The van der Waals surface area contributed by atoms with Crippen molar-refractivity contribution in [3.63, 3.8) is 0 Å². The third-order valence-electron chi connectivity index (χ3n) is 2.73. The highest BCUT2D eigenvalue weighted by atomic mass is 79.9. The summed E-state index contributed by atoms with van der Waals surface area (Å²) < 4.78 is 19.5. The first-order chi connectivity index (χ1) is 10.1. The fourth-order valence-electron chi connectivity index (χ4n) is 1.65. The predicted octanol–water partition coefficient (Wildman–Crippen LogP) is 3.06. The molecule has 0 aliphatic carbocycles. The molecule has 0 heterocycles. The van der Waals surface area contributed by atoms with Crippen LogP contribution in [0, 0.1) is 5.82 Å². The number of benzene rings is 2. The Balaban J connectivity index is 1.89. The summed E-state index contributed by atoms with van der Waals surface area (Å²) in [6, 6.07) is 11.5. The van der Waals surface area contributed by atoms with Gasteiger partial charge in [-0.2, -0.15) is 0 Å². The molecule has 2 rings (SSSR count). The van der Waals surface area contributed by atoms with Crippen molar-refractivity contribution in [2.45, 2.75) is 6.54 Å². The average Bonchev–Trinajstić information content (AvgIpc) is 2.48. The predicted molar refractivity (Wildman–Crippen MR) is 82.6 cm³/mol. The highest BCUT2D eigenvalue weighted by Crippen LogP contribution is 2.19. The van der Waals surface area contributed by atoms with Crippen molar-refractivity contribution in [2.75, 3.05) is 11.9 Å². The Morgan fingerprint density at radius 1 is 1.24 bits per heavy atom. The summed E-state index contributed by atoms with van der Waals surface area (Å²) in [5, 5.41) is 2.45. The summed E-state index contributed by atoms with van der Waals surface area (Å²) >= 11 is 3.15. The number of carbonyl (C=O) groups excluding carboxylic acids is 1. The van der Waals surface area contributed by atoms with Crippen LogP contribution in [0.4, 0.5) is 10.1 Å². The lowest BCUT2D eigenvalue weighted by molar-refractivity contribution is -0.118. The Kier molecular flexibility index (Phi) is 5.30. The Bertz CT molecular complexity index is 632. The van der Waals surface area contributed by atoms with Gasteiger partial charge in [-0.05, 0) is 35.9 Å². The molecule has 0 radical (unpaired) electrons. The monoisotopic (exact) mass is 352 g/mol. The summed E-state index contributed by atoms with van der Waals surface area (Å²) in [7, 11) is 0. The summed E-state index contributed by atoms with van der Waals surface area (Å²) in [6.07, 6.45) is 0. The van der Waals surface area contributed by atoms with E-state index in [4.69, 9.17) is 10.5 Å².